The molecule has 4 nitrogen and oxygen atoms in total. The highest BCUT2D eigenvalue weighted by molar-refractivity contribution is 7.10. The van der Waals surface area contributed by atoms with E-state index >= 15 is 0 Å². The summed E-state index contributed by atoms with van der Waals surface area (Å²) in [7, 11) is 0. The minimum absolute atomic E-state index is 0.486. The number of hydrogen-bond donors (Lipinski definition) is 2. The third kappa shape index (κ3) is 5.45. The first kappa shape index (κ1) is 18.7. The third-order valence-corrected chi connectivity index (χ3v) is 6.71. The maximum Gasteiger partial charge on any atom is 0.191 e. The Kier molecular flexibility index (Phi) is 7.17. The number of rotatable bonds is 6. The van der Waals surface area contributed by atoms with Crippen LogP contribution in [-0.4, -0.2) is 49.1 Å². The van der Waals surface area contributed by atoms with Gasteiger partial charge < -0.3 is 15.5 Å². The maximum atomic E-state index is 4.85. The summed E-state index contributed by atoms with van der Waals surface area (Å²) in [6, 6.07) is 5.77. The van der Waals surface area contributed by atoms with Crippen molar-refractivity contribution in [3.05, 3.63) is 22.4 Å². The van der Waals surface area contributed by atoms with Gasteiger partial charge in [0.15, 0.2) is 5.96 Å². The highest BCUT2D eigenvalue weighted by atomic mass is 32.1. The number of piperidine rings is 1. The number of guanidine groups is 1. The van der Waals surface area contributed by atoms with Gasteiger partial charge in [-0.1, -0.05) is 25.8 Å². The van der Waals surface area contributed by atoms with Crippen molar-refractivity contribution in [3.63, 3.8) is 0 Å². The molecular weight excluding hydrogens is 328 g/mol. The zero-order valence-corrected chi connectivity index (χ0v) is 16.7. The molecule has 5 heteroatoms. The summed E-state index contributed by atoms with van der Waals surface area (Å²) in [5, 5.41) is 9.26. The van der Waals surface area contributed by atoms with E-state index in [2.05, 4.69) is 46.9 Å². The van der Waals surface area contributed by atoms with Crippen LogP contribution >= 0.6 is 11.3 Å². The van der Waals surface area contributed by atoms with E-state index in [0.29, 0.717) is 12.0 Å². The van der Waals surface area contributed by atoms with Gasteiger partial charge in [-0.25, -0.2) is 0 Å². The summed E-state index contributed by atoms with van der Waals surface area (Å²) < 4.78 is 0. The summed E-state index contributed by atoms with van der Waals surface area (Å²) in [6.07, 6.45) is 8.18. The molecule has 1 aromatic heterocycles. The molecule has 2 aliphatic rings. The molecule has 1 saturated heterocycles. The quantitative estimate of drug-likeness (QED) is 0.597. The van der Waals surface area contributed by atoms with Crippen LogP contribution in [0.15, 0.2) is 22.5 Å². The van der Waals surface area contributed by atoms with Crippen LogP contribution in [0.4, 0.5) is 0 Å². The Labute approximate surface area is 157 Å². The monoisotopic (exact) mass is 362 g/mol. The molecule has 1 saturated carbocycles. The van der Waals surface area contributed by atoms with E-state index in [0.717, 1.165) is 25.1 Å². The molecule has 1 aromatic rings. The average Bonchev–Trinajstić information content (AvgIpc) is 3.33. The molecule has 0 bridgehead atoms. The Balaban J connectivity index is 1.47. The number of nitrogens with one attached hydrogen (secondary N) is 2. The van der Waals surface area contributed by atoms with Crippen molar-refractivity contribution in [3.8, 4) is 0 Å². The molecule has 1 unspecified atom stereocenters. The van der Waals surface area contributed by atoms with Gasteiger partial charge in [0.2, 0.25) is 0 Å². The molecule has 2 fully saturated rings. The topological polar surface area (TPSA) is 39.7 Å². The summed E-state index contributed by atoms with van der Waals surface area (Å²) >= 11 is 1.83. The predicted octanol–water partition coefficient (Wildman–Crippen LogP) is 3.81. The van der Waals surface area contributed by atoms with Crippen LogP contribution in [-0.2, 0) is 0 Å². The van der Waals surface area contributed by atoms with Crippen LogP contribution in [0.3, 0.4) is 0 Å². The van der Waals surface area contributed by atoms with E-state index in [4.69, 9.17) is 4.99 Å². The third-order valence-electron chi connectivity index (χ3n) is 5.61. The minimum atomic E-state index is 0.486. The molecule has 1 aliphatic carbocycles. The van der Waals surface area contributed by atoms with Gasteiger partial charge in [0.1, 0.15) is 0 Å². The van der Waals surface area contributed by atoms with Crippen LogP contribution in [0.2, 0.25) is 0 Å². The largest absolute Gasteiger partial charge is 0.357 e. The first-order valence-electron chi connectivity index (χ1n) is 10.1. The molecular formula is C20H34N4S. The molecule has 3 rings (SSSR count). The van der Waals surface area contributed by atoms with Crippen LogP contribution in [0.1, 0.15) is 63.2 Å². The van der Waals surface area contributed by atoms with Crippen molar-refractivity contribution in [2.24, 2.45) is 4.99 Å². The predicted molar refractivity (Wildman–Crippen MR) is 109 cm³/mol. The van der Waals surface area contributed by atoms with Crippen molar-refractivity contribution in [1.82, 2.24) is 15.5 Å². The molecule has 1 atom stereocenters. The Morgan fingerprint density at radius 3 is 2.68 bits per heavy atom. The number of aliphatic imine (C=N–C) groups is 1. The lowest BCUT2D eigenvalue weighted by molar-refractivity contribution is 0.150. The maximum absolute atomic E-state index is 4.85. The Bertz CT molecular complexity index is 514. The molecule has 0 aromatic carbocycles. The van der Waals surface area contributed by atoms with Crippen molar-refractivity contribution < 1.29 is 0 Å². The fraction of sp³-hybridized carbons (Fsp3) is 0.750. The fourth-order valence-electron chi connectivity index (χ4n) is 4.08. The fourth-order valence-corrected chi connectivity index (χ4v) is 4.86. The van der Waals surface area contributed by atoms with Crippen molar-refractivity contribution >= 4 is 17.3 Å². The molecule has 0 spiro atoms. The standard InChI is InChI=1S/C20H34N4S/c1-3-21-20(22-15-16(2)19-9-6-14-25-19)23-17-10-12-24(13-11-17)18-7-4-5-8-18/h6,9,14,16-18H,3-5,7-8,10-13,15H2,1-2H3,(H2,21,22,23). The SMILES string of the molecule is CCNC(=NCC(C)c1cccs1)NC1CCN(C2CCCC2)CC1. The lowest BCUT2D eigenvalue weighted by Gasteiger charge is -2.36. The van der Waals surface area contributed by atoms with Crippen LogP contribution in [0.5, 0.6) is 0 Å². The summed E-state index contributed by atoms with van der Waals surface area (Å²) in [6.45, 7) is 8.65. The highest BCUT2D eigenvalue weighted by Crippen LogP contribution is 2.26. The van der Waals surface area contributed by atoms with Crippen LogP contribution in [0, 0.1) is 0 Å². The molecule has 0 radical (unpaired) electrons. The number of hydrogen-bond acceptors (Lipinski definition) is 3. The van der Waals surface area contributed by atoms with Gasteiger partial charge in [-0.3, -0.25) is 4.99 Å². The second-order valence-electron chi connectivity index (χ2n) is 7.53. The smallest absolute Gasteiger partial charge is 0.191 e. The molecule has 2 heterocycles. The Morgan fingerprint density at radius 2 is 2.04 bits per heavy atom. The van der Waals surface area contributed by atoms with Crippen molar-refractivity contribution in [2.75, 3.05) is 26.2 Å². The molecule has 0 amide bonds. The van der Waals surface area contributed by atoms with Crippen molar-refractivity contribution in [2.45, 2.75) is 70.4 Å². The zero-order valence-electron chi connectivity index (χ0n) is 15.8. The molecule has 1 aliphatic heterocycles. The van der Waals surface area contributed by atoms with E-state index in [-0.39, 0.29) is 0 Å². The second kappa shape index (κ2) is 9.58. The average molecular weight is 363 g/mol. The van der Waals surface area contributed by atoms with Crippen LogP contribution < -0.4 is 10.6 Å². The summed E-state index contributed by atoms with van der Waals surface area (Å²) in [4.78, 5) is 9.00. The Hall–Kier alpha value is -1.07. The number of thiophene rings is 1. The molecule has 25 heavy (non-hydrogen) atoms. The summed E-state index contributed by atoms with van der Waals surface area (Å²) in [5.74, 6) is 1.48. The number of nitrogens with zero attached hydrogens (tertiary/aromatic N) is 2. The van der Waals surface area contributed by atoms with Gasteiger partial charge in [-0.05, 0) is 44.1 Å². The summed E-state index contributed by atoms with van der Waals surface area (Å²) in [5.41, 5.74) is 0. The van der Waals surface area contributed by atoms with Crippen molar-refractivity contribution in [1.29, 1.82) is 0 Å². The van der Waals surface area contributed by atoms with E-state index in [9.17, 15) is 0 Å². The van der Waals surface area contributed by atoms with E-state index in [1.54, 1.807) is 0 Å². The van der Waals surface area contributed by atoms with E-state index < -0.39 is 0 Å². The van der Waals surface area contributed by atoms with Crippen LogP contribution in [0.25, 0.3) is 0 Å². The first-order valence-corrected chi connectivity index (χ1v) is 11.0. The normalized spacial score (nSPS) is 22.2. The lowest BCUT2D eigenvalue weighted by atomic mass is 10.0. The zero-order chi connectivity index (χ0) is 17.5. The molecule has 2 N–H and O–H groups in total. The highest BCUT2D eigenvalue weighted by Gasteiger charge is 2.27. The Morgan fingerprint density at radius 1 is 1.28 bits per heavy atom. The van der Waals surface area contributed by atoms with Gasteiger partial charge in [-0.15, -0.1) is 11.3 Å². The number of likely N-dealkylation sites (tertiary alicyclic amines) is 1. The lowest BCUT2D eigenvalue weighted by Crippen LogP contribution is -2.50. The minimum Gasteiger partial charge on any atom is -0.357 e. The first-order chi connectivity index (χ1) is 12.3. The van der Waals surface area contributed by atoms with Gasteiger partial charge in [0.05, 0.1) is 6.54 Å². The van der Waals surface area contributed by atoms with Gasteiger partial charge in [0, 0.05) is 42.5 Å². The van der Waals surface area contributed by atoms with Gasteiger partial charge in [0.25, 0.3) is 0 Å². The van der Waals surface area contributed by atoms with Gasteiger partial charge >= 0.3 is 0 Å². The van der Waals surface area contributed by atoms with E-state index in [1.807, 2.05) is 11.3 Å². The van der Waals surface area contributed by atoms with E-state index in [1.165, 1.54) is 56.5 Å². The van der Waals surface area contributed by atoms with Gasteiger partial charge in [-0.2, -0.15) is 0 Å². The molecule has 140 valence electrons. The second-order valence-corrected chi connectivity index (χ2v) is 8.51.